The number of nitrogens with zero attached hydrogens (tertiary/aromatic N) is 3. The zero-order chi connectivity index (χ0) is 19.8. The normalized spacial score (nSPS) is 24.2. The minimum absolute atomic E-state index is 0.0727. The number of carbonyl (C=O) groups is 1. The summed E-state index contributed by atoms with van der Waals surface area (Å²) in [6, 6.07) is 10.4. The molecule has 1 N–H and O–H groups in total. The summed E-state index contributed by atoms with van der Waals surface area (Å²) in [4.78, 5) is 25.4. The Labute approximate surface area is 170 Å². The van der Waals surface area contributed by atoms with Crippen molar-refractivity contribution < 1.29 is 9.21 Å². The van der Waals surface area contributed by atoms with Crippen molar-refractivity contribution in [2.75, 3.05) is 26.2 Å². The highest BCUT2D eigenvalue weighted by molar-refractivity contribution is 5.94. The number of aromatic amines is 1. The summed E-state index contributed by atoms with van der Waals surface area (Å²) in [6.45, 7) is 5.98. The van der Waals surface area contributed by atoms with Crippen LogP contribution in [0.15, 0.2) is 59.7 Å². The summed E-state index contributed by atoms with van der Waals surface area (Å²) in [7, 11) is 0. The van der Waals surface area contributed by atoms with Crippen LogP contribution in [-0.4, -0.2) is 51.9 Å². The number of H-pyrrole nitrogens is 1. The molecule has 2 aromatic heterocycles. The highest BCUT2D eigenvalue weighted by Crippen LogP contribution is 2.46. The minimum Gasteiger partial charge on any atom is -0.472 e. The molecule has 1 amide bonds. The molecule has 1 aromatic carbocycles. The molecule has 0 aliphatic carbocycles. The number of benzene rings is 1. The maximum absolute atomic E-state index is 13.2. The Morgan fingerprint density at radius 2 is 2.14 bits per heavy atom. The number of fused-ring (bicyclic) bond motifs is 1. The summed E-state index contributed by atoms with van der Waals surface area (Å²) in [5, 5.41) is 0. The van der Waals surface area contributed by atoms with E-state index in [1.165, 1.54) is 11.1 Å². The average Bonchev–Trinajstić information content (AvgIpc) is 3.51. The van der Waals surface area contributed by atoms with Gasteiger partial charge in [-0.15, -0.1) is 0 Å². The zero-order valence-corrected chi connectivity index (χ0v) is 16.6. The lowest BCUT2D eigenvalue weighted by atomic mass is 9.87. The molecule has 3 aromatic rings. The summed E-state index contributed by atoms with van der Waals surface area (Å²) in [6.07, 6.45) is 7.74. The van der Waals surface area contributed by atoms with Crippen molar-refractivity contribution in [3.63, 3.8) is 0 Å². The maximum atomic E-state index is 13.2. The van der Waals surface area contributed by atoms with Gasteiger partial charge in [0, 0.05) is 50.9 Å². The van der Waals surface area contributed by atoms with Crippen LogP contribution in [0.4, 0.5) is 0 Å². The molecule has 2 saturated heterocycles. The lowest BCUT2D eigenvalue weighted by Crippen LogP contribution is -2.36. The van der Waals surface area contributed by atoms with Gasteiger partial charge < -0.3 is 19.2 Å². The fourth-order valence-electron chi connectivity index (χ4n) is 5.10. The maximum Gasteiger partial charge on any atom is 0.257 e. The average molecular weight is 390 g/mol. The van der Waals surface area contributed by atoms with Crippen LogP contribution in [-0.2, 0) is 6.42 Å². The molecule has 0 spiro atoms. The van der Waals surface area contributed by atoms with Crippen molar-refractivity contribution in [1.82, 2.24) is 19.8 Å². The summed E-state index contributed by atoms with van der Waals surface area (Å²) < 4.78 is 5.17. The molecule has 2 aliphatic rings. The van der Waals surface area contributed by atoms with Crippen LogP contribution >= 0.6 is 0 Å². The van der Waals surface area contributed by atoms with E-state index in [-0.39, 0.29) is 11.9 Å². The zero-order valence-electron chi connectivity index (χ0n) is 16.6. The molecule has 6 heteroatoms. The second-order valence-corrected chi connectivity index (χ2v) is 8.24. The Hall–Kier alpha value is -2.86. The molecule has 3 atom stereocenters. The van der Waals surface area contributed by atoms with E-state index in [1.54, 1.807) is 18.6 Å². The Morgan fingerprint density at radius 3 is 2.90 bits per heavy atom. The Morgan fingerprint density at radius 1 is 1.24 bits per heavy atom. The lowest BCUT2D eigenvalue weighted by molar-refractivity contribution is 0.0700. The highest BCUT2D eigenvalue weighted by atomic mass is 16.3. The van der Waals surface area contributed by atoms with E-state index in [0.717, 1.165) is 38.4 Å². The molecule has 29 heavy (non-hydrogen) atoms. The number of hydrogen-bond donors (Lipinski definition) is 1. The number of hydrogen-bond acceptors (Lipinski definition) is 4. The van der Waals surface area contributed by atoms with Crippen LogP contribution in [0.2, 0.25) is 0 Å². The quantitative estimate of drug-likeness (QED) is 0.726. The molecule has 0 unspecified atom stereocenters. The van der Waals surface area contributed by atoms with E-state index in [1.807, 2.05) is 12.4 Å². The van der Waals surface area contributed by atoms with Gasteiger partial charge in [-0.25, -0.2) is 4.98 Å². The molecule has 0 bridgehead atoms. The van der Waals surface area contributed by atoms with Gasteiger partial charge in [0.15, 0.2) is 0 Å². The molecule has 0 saturated carbocycles. The third-order valence-corrected chi connectivity index (χ3v) is 6.50. The van der Waals surface area contributed by atoms with Crippen LogP contribution in [0.5, 0.6) is 0 Å². The first-order valence-corrected chi connectivity index (χ1v) is 10.3. The molecule has 2 aliphatic heterocycles. The van der Waals surface area contributed by atoms with Crippen molar-refractivity contribution in [3.8, 4) is 0 Å². The number of aryl methyl sites for hydroxylation is 1. The van der Waals surface area contributed by atoms with E-state index in [2.05, 4.69) is 51.0 Å². The van der Waals surface area contributed by atoms with Crippen molar-refractivity contribution in [1.29, 1.82) is 0 Å². The van der Waals surface area contributed by atoms with Crippen LogP contribution < -0.4 is 0 Å². The molecule has 6 nitrogen and oxygen atoms in total. The minimum atomic E-state index is 0.0727. The number of furan rings is 1. The highest BCUT2D eigenvalue weighted by Gasteiger charge is 2.49. The van der Waals surface area contributed by atoms with Crippen molar-refractivity contribution in [2.24, 2.45) is 11.8 Å². The lowest BCUT2D eigenvalue weighted by Gasteiger charge is -2.30. The van der Waals surface area contributed by atoms with Crippen LogP contribution in [0.3, 0.4) is 0 Å². The number of imidazole rings is 1. The number of aromatic nitrogens is 2. The SMILES string of the molecule is Cc1ccccc1[C@@H]1[C@H]2CN(CCc3ncc[nH]3)C[C@H]2CN1C(=O)c1ccoc1. The Bertz CT molecular complexity index is 967. The first-order valence-electron chi connectivity index (χ1n) is 10.3. The summed E-state index contributed by atoms with van der Waals surface area (Å²) >= 11 is 0. The van der Waals surface area contributed by atoms with E-state index in [0.29, 0.717) is 17.4 Å². The molecule has 150 valence electrons. The molecular formula is C23H26N4O2. The number of carbonyl (C=O) groups excluding carboxylic acids is 1. The number of rotatable bonds is 5. The van der Waals surface area contributed by atoms with Crippen molar-refractivity contribution in [2.45, 2.75) is 19.4 Å². The second kappa shape index (κ2) is 7.52. The molecule has 2 fully saturated rings. The van der Waals surface area contributed by atoms with E-state index in [9.17, 15) is 4.79 Å². The molecular weight excluding hydrogens is 364 g/mol. The first kappa shape index (κ1) is 18.2. The number of likely N-dealkylation sites (tertiary alicyclic amines) is 2. The molecule has 4 heterocycles. The number of nitrogens with one attached hydrogen (secondary N) is 1. The van der Waals surface area contributed by atoms with Crippen LogP contribution in [0.1, 0.15) is 33.4 Å². The third-order valence-electron chi connectivity index (χ3n) is 6.50. The fourth-order valence-corrected chi connectivity index (χ4v) is 5.10. The molecule has 0 radical (unpaired) electrons. The van der Waals surface area contributed by atoms with Crippen molar-refractivity contribution >= 4 is 5.91 Å². The van der Waals surface area contributed by atoms with Crippen LogP contribution in [0.25, 0.3) is 0 Å². The first-order chi connectivity index (χ1) is 14.2. The topological polar surface area (TPSA) is 65.4 Å². The fraction of sp³-hybridized carbons (Fsp3) is 0.391. The van der Waals surface area contributed by atoms with Gasteiger partial charge in [-0.1, -0.05) is 24.3 Å². The van der Waals surface area contributed by atoms with Gasteiger partial charge in [-0.3, -0.25) is 4.79 Å². The van der Waals surface area contributed by atoms with Gasteiger partial charge in [0.25, 0.3) is 5.91 Å². The van der Waals surface area contributed by atoms with E-state index in [4.69, 9.17) is 4.42 Å². The van der Waals surface area contributed by atoms with Gasteiger partial charge in [0.05, 0.1) is 17.9 Å². The van der Waals surface area contributed by atoms with Gasteiger partial charge in [-0.05, 0) is 30.0 Å². The second-order valence-electron chi connectivity index (χ2n) is 8.24. The standard InChI is InChI=1S/C23H26N4O2/c1-16-4-2-3-5-19(16)22-20-14-26(10-6-21-24-8-9-25-21)12-18(20)13-27(22)23(28)17-7-11-29-15-17/h2-5,7-9,11,15,18,20,22H,6,10,12-14H2,1H3,(H,24,25)/t18-,20-,22+/m0/s1. The summed E-state index contributed by atoms with van der Waals surface area (Å²) in [5.74, 6) is 2.05. The number of amides is 1. The van der Waals surface area contributed by atoms with Crippen molar-refractivity contribution in [3.05, 3.63) is 77.8 Å². The molecule has 5 rings (SSSR count). The Balaban J connectivity index is 1.39. The van der Waals surface area contributed by atoms with Gasteiger partial charge in [0.1, 0.15) is 12.1 Å². The largest absolute Gasteiger partial charge is 0.472 e. The predicted molar refractivity (Wildman–Crippen MR) is 109 cm³/mol. The van der Waals surface area contributed by atoms with E-state index < -0.39 is 0 Å². The van der Waals surface area contributed by atoms with Gasteiger partial charge in [0.2, 0.25) is 0 Å². The van der Waals surface area contributed by atoms with E-state index >= 15 is 0 Å². The van der Waals surface area contributed by atoms with Crippen LogP contribution in [0, 0.1) is 18.8 Å². The Kier molecular flexibility index (Phi) is 4.72. The van der Waals surface area contributed by atoms with Gasteiger partial charge >= 0.3 is 0 Å². The summed E-state index contributed by atoms with van der Waals surface area (Å²) in [5.41, 5.74) is 3.15. The third kappa shape index (κ3) is 3.38. The predicted octanol–water partition coefficient (Wildman–Crippen LogP) is 3.30. The smallest absolute Gasteiger partial charge is 0.257 e. The van der Waals surface area contributed by atoms with Gasteiger partial charge in [-0.2, -0.15) is 0 Å². The monoisotopic (exact) mass is 390 g/mol.